The van der Waals surface area contributed by atoms with Crippen molar-refractivity contribution in [2.24, 2.45) is 0 Å². The molecule has 8 heteroatoms. The third kappa shape index (κ3) is 12.4. The molecular formula is C25H43NO7. The minimum atomic E-state index is -1.73. The highest BCUT2D eigenvalue weighted by Gasteiger charge is 2.30. The first-order chi connectivity index (χ1) is 15.9. The Labute approximate surface area is 197 Å². The molecule has 0 fully saturated rings. The molecule has 33 heavy (non-hydrogen) atoms. The van der Waals surface area contributed by atoms with Crippen LogP contribution >= 0.6 is 0 Å². The third-order valence-corrected chi connectivity index (χ3v) is 5.68. The van der Waals surface area contributed by atoms with Gasteiger partial charge in [0.05, 0.1) is 19.3 Å². The molecule has 0 spiro atoms. The molecule has 0 saturated heterocycles. The van der Waals surface area contributed by atoms with Crippen molar-refractivity contribution in [3.8, 4) is 5.75 Å². The molecular weight excluding hydrogens is 426 g/mol. The maximum absolute atomic E-state index is 12.2. The summed E-state index contributed by atoms with van der Waals surface area (Å²) >= 11 is 0. The van der Waals surface area contributed by atoms with Crippen LogP contribution in [0.5, 0.6) is 5.75 Å². The monoisotopic (exact) mass is 469 g/mol. The van der Waals surface area contributed by atoms with Gasteiger partial charge in [-0.3, -0.25) is 4.79 Å². The largest absolute Gasteiger partial charge is 0.494 e. The van der Waals surface area contributed by atoms with Crippen molar-refractivity contribution in [1.82, 2.24) is 5.32 Å². The van der Waals surface area contributed by atoms with E-state index in [9.17, 15) is 25.2 Å². The van der Waals surface area contributed by atoms with Crippen LogP contribution < -0.4 is 10.1 Å². The Morgan fingerprint density at radius 2 is 1.33 bits per heavy atom. The SMILES string of the molecule is CCCCCCCCCCCCOc1ccc(C(=O)NC[C@H](O)[C@@H](O)[C@H](O)[C@H](O)CO)cc1. The Hall–Kier alpha value is -1.71. The summed E-state index contributed by atoms with van der Waals surface area (Å²) in [6, 6.07) is 6.63. The van der Waals surface area contributed by atoms with Gasteiger partial charge < -0.3 is 35.6 Å². The summed E-state index contributed by atoms with van der Waals surface area (Å²) in [5.74, 6) is 0.221. The van der Waals surface area contributed by atoms with Gasteiger partial charge in [-0.2, -0.15) is 0 Å². The van der Waals surface area contributed by atoms with Gasteiger partial charge in [-0.1, -0.05) is 64.7 Å². The average molecular weight is 470 g/mol. The number of amides is 1. The summed E-state index contributed by atoms with van der Waals surface area (Å²) in [5, 5.41) is 49.8. The molecule has 0 bridgehead atoms. The van der Waals surface area contributed by atoms with E-state index in [2.05, 4.69) is 12.2 Å². The summed E-state index contributed by atoms with van der Waals surface area (Å²) in [4.78, 5) is 12.2. The molecule has 1 aromatic rings. The van der Waals surface area contributed by atoms with Crippen molar-refractivity contribution in [3.63, 3.8) is 0 Å². The fourth-order valence-corrected chi connectivity index (χ4v) is 3.47. The number of carbonyl (C=O) groups is 1. The van der Waals surface area contributed by atoms with Crippen molar-refractivity contribution in [2.75, 3.05) is 19.8 Å². The molecule has 0 unspecified atom stereocenters. The van der Waals surface area contributed by atoms with Crippen molar-refractivity contribution in [1.29, 1.82) is 0 Å². The maximum atomic E-state index is 12.2. The van der Waals surface area contributed by atoms with Crippen LogP contribution in [0.25, 0.3) is 0 Å². The summed E-state index contributed by atoms with van der Waals surface area (Å²) in [7, 11) is 0. The lowest BCUT2D eigenvalue weighted by atomic mass is 10.0. The van der Waals surface area contributed by atoms with Crippen molar-refractivity contribution in [2.45, 2.75) is 95.5 Å². The predicted octanol–water partition coefficient (Wildman–Crippen LogP) is 2.15. The van der Waals surface area contributed by atoms with Gasteiger partial charge in [0.15, 0.2) is 0 Å². The summed E-state index contributed by atoms with van der Waals surface area (Å²) < 4.78 is 5.73. The third-order valence-electron chi connectivity index (χ3n) is 5.68. The second-order valence-electron chi connectivity index (χ2n) is 8.56. The number of hydrogen-bond donors (Lipinski definition) is 6. The first-order valence-corrected chi connectivity index (χ1v) is 12.2. The van der Waals surface area contributed by atoms with E-state index < -0.39 is 36.9 Å². The standard InChI is InChI=1S/C25H43NO7/c1-2-3-4-5-6-7-8-9-10-11-16-33-20-14-12-19(13-15-20)25(32)26-17-21(28)23(30)24(31)22(29)18-27/h12-15,21-24,27-31H,2-11,16-18H2,1H3,(H,26,32)/t21-,22+,23+,24+/m0/s1. The van der Waals surface area contributed by atoms with Crippen molar-refractivity contribution < 1.29 is 35.1 Å². The Morgan fingerprint density at radius 3 is 1.88 bits per heavy atom. The fraction of sp³-hybridized carbons (Fsp3) is 0.720. The van der Waals surface area contributed by atoms with Crippen LogP contribution in [-0.4, -0.2) is 75.6 Å². The van der Waals surface area contributed by atoms with Crippen LogP contribution in [0.2, 0.25) is 0 Å². The fourth-order valence-electron chi connectivity index (χ4n) is 3.47. The molecule has 8 nitrogen and oxygen atoms in total. The molecule has 0 heterocycles. The molecule has 0 radical (unpaired) electrons. The second kappa shape index (κ2) is 17.7. The number of nitrogens with one attached hydrogen (secondary N) is 1. The predicted molar refractivity (Wildman–Crippen MR) is 127 cm³/mol. The minimum Gasteiger partial charge on any atom is -0.494 e. The van der Waals surface area contributed by atoms with Crippen LogP contribution in [-0.2, 0) is 0 Å². The number of unbranched alkanes of at least 4 members (excludes halogenated alkanes) is 9. The highest BCUT2D eigenvalue weighted by Crippen LogP contribution is 2.14. The lowest BCUT2D eigenvalue weighted by Crippen LogP contribution is -2.49. The quantitative estimate of drug-likeness (QED) is 0.171. The highest BCUT2D eigenvalue weighted by molar-refractivity contribution is 5.94. The minimum absolute atomic E-state index is 0.327. The van der Waals surface area contributed by atoms with Gasteiger partial charge in [0.25, 0.3) is 5.91 Å². The highest BCUT2D eigenvalue weighted by atomic mass is 16.5. The lowest BCUT2D eigenvalue weighted by Gasteiger charge is -2.25. The molecule has 0 aliphatic heterocycles. The molecule has 190 valence electrons. The Kier molecular flexibility index (Phi) is 15.7. The number of benzene rings is 1. The summed E-state index contributed by atoms with van der Waals surface area (Å²) in [6.07, 6.45) is 6.12. The van der Waals surface area contributed by atoms with E-state index >= 15 is 0 Å². The zero-order chi connectivity index (χ0) is 24.5. The number of rotatable bonds is 19. The van der Waals surface area contributed by atoms with E-state index in [1.54, 1.807) is 24.3 Å². The van der Waals surface area contributed by atoms with Gasteiger partial charge in [-0.15, -0.1) is 0 Å². The van der Waals surface area contributed by atoms with Crippen LogP contribution in [0, 0.1) is 0 Å². The molecule has 0 aliphatic rings. The second-order valence-corrected chi connectivity index (χ2v) is 8.56. The van der Waals surface area contributed by atoms with Crippen LogP contribution in [0.15, 0.2) is 24.3 Å². The zero-order valence-electron chi connectivity index (χ0n) is 19.9. The number of carbonyl (C=O) groups excluding carboxylic acids is 1. The molecule has 6 N–H and O–H groups in total. The zero-order valence-corrected chi connectivity index (χ0v) is 19.9. The smallest absolute Gasteiger partial charge is 0.251 e. The Bertz CT molecular complexity index is 626. The van der Waals surface area contributed by atoms with Gasteiger partial charge in [0, 0.05) is 12.1 Å². The molecule has 0 saturated carbocycles. The summed E-state index contributed by atoms with van der Waals surface area (Å²) in [6.45, 7) is 1.78. The van der Waals surface area contributed by atoms with E-state index in [4.69, 9.17) is 9.84 Å². The van der Waals surface area contributed by atoms with E-state index in [0.717, 1.165) is 12.8 Å². The Balaban J connectivity index is 2.20. The Morgan fingerprint density at radius 1 is 0.818 bits per heavy atom. The van der Waals surface area contributed by atoms with Gasteiger partial charge in [-0.25, -0.2) is 0 Å². The van der Waals surface area contributed by atoms with Gasteiger partial charge in [0.2, 0.25) is 0 Å². The van der Waals surface area contributed by atoms with Crippen LogP contribution in [0.3, 0.4) is 0 Å². The van der Waals surface area contributed by atoms with Crippen molar-refractivity contribution in [3.05, 3.63) is 29.8 Å². The van der Waals surface area contributed by atoms with Gasteiger partial charge in [0.1, 0.15) is 24.1 Å². The topological polar surface area (TPSA) is 139 Å². The maximum Gasteiger partial charge on any atom is 0.251 e. The molecule has 0 aromatic heterocycles. The number of aliphatic hydroxyl groups is 5. The van der Waals surface area contributed by atoms with Crippen LogP contribution in [0.4, 0.5) is 0 Å². The number of ether oxygens (including phenoxy) is 1. The van der Waals surface area contributed by atoms with Crippen molar-refractivity contribution >= 4 is 5.91 Å². The normalized spacial score (nSPS) is 15.0. The van der Waals surface area contributed by atoms with E-state index in [1.165, 1.54) is 51.4 Å². The van der Waals surface area contributed by atoms with E-state index in [-0.39, 0.29) is 6.54 Å². The first kappa shape index (κ1) is 29.3. The van der Waals surface area contributed by atoms with Gasteiger partial charge in [-0.05, 0) is 30.7 Å². The number of hydrogen-bond acceptors (Lipinski definition) is 7. The average Bonchev–Trinajstić information content (AvgIpc) is 2.84. The van der Waals surface area contributed by atoms with E-state index in [0.29, 0.717) is 17.9 Å². The summed E-state index contributed by atoms with van der Waals surface area (Å²) in [5.41, 5.74) is 0.360. The molecule has 1 amide bonds. The first-order valence-electron chi connectivity index (χ1n) is 12.2. The molecule has 1 aromatic carbocycles. The van der Waals surface area contributed by atoms with Gasteiger partial charge >= 0.3 is 0 Å². The number of aliphatic hydroxyl groups excluding tert-OH is 5. The van der Waals surface area contributed by atoms with Crippen LogP contribution in [0.1, 0.15) is 81.5 Å². The molecule has 0 aliphatic carbocycles. The van der Waals surface area contributed by atoms with E-state index in [1.807, 2.05) is 0 Å². The molecule has 4 atom stereocenters. The lowest BCUT2D eigenvalue weighted by molar-refractivity contribution is -0.113. The molecule has 1 rings (SSSR count).